The van der Waals surface area contributed by atoms with Crippen LogP contribution in [0.5, 0.6) is 0 Å². The van der Waals surface area contributed by atoms with Crippen LogP contribution in [-0.4, -0.2) is 74.5 Å². The SMILES string of the molecule is CN=C(NCCNC(=O)OC(C)(C)C)NCC(C)CN(C)C(=O)OC(C)(C)C.I. The number of nitrogens with zero attached hydrogens (tertiary/aromatic N) is 2. The molecule has 9 nitrogen and oxygen atoms in total. The van der Waals surface area contributed by atoms with Gasteiger partial charge in [-0.3, -0.25) is 4.99 Å². The molecule has 0 bridgehead atoms. The highest BCUT2D eigenvalue weighted by molar-refractivity contribution is 14.0. The van der Waals surface area contributed by atoms with Crippen molar-refractivity contribution in [2.45, 2.75) is 59.7 Å². The van der Waals surface area contributed by atoms with Crippen LogP contribution < -0.4 is 16.0 Å². The first-order valence-corrected chi connectivity index (χ1v) is 9.59. The van der Waals surface area contributed by atoms with E-state index in [0.717, 1.165) is 0 Å². The molecule has 2 amide bonds. The summed E-state index contributed by atoms with van der Waals surface area (Å²) in [6.07, 6.45) is -0.786. The Hall–Kier alpha value is -1.46. The highest BCUT2D eigenvalue weighted by Gasteiger charge is 2.20. The summed E-state index contributed by atoms with van der Waals surface area (Å²) in [5.41, 5.74) is -1.02. The number of nitrogens with one attached hydrogen (secondary N) is 3. The topological polar surface area (TPSA) is 104 Å². The van der Waals surface area contributed by atoms with Gasteiger partial charge in [0.1, 0.15) is 11.2 Å². The summed E-state index contributed by atoms with van der Waals surface area (Å²) in [6.45, 7) is 15.1. The number of hydrogen-bond acceptors (Lipinski definition) is 5. The van der Waals surface area contributed by atoms with Gasteiger partial charge in [0, 0.05) is 40.3 Å². The van der Waals surface area contributed by atoms with E-state index >= 15 is 0 Å². The Balaban J connectivity index is 0. The Labute approximate surface area is 192 Å². The van der Waals surface area contributed by atoms with Gasteiger partial charge >= 0.3 is 12.2 Å². The van der Waals surface area contributed by atoms with E-state index in [9.17, 15) is 9.59 Å². The number of carbonyl (C=O) groups excluding carboxylic acids is 2. The molecular formula is C19H40IN5O4. The van der Waals surface area contributed by atoms with E-state index in [1.807, 2.05) is 48.5 Å². The van der Waals surface area contributed by atoms with E-state index in [1.165, 1.54) is 0 Å². The Kier molecular flexibility index (Phi) is 14.1. The third-order valence-corrected chi connectivity index (χ3v) is 3.22. The van der Waals surface area contributed by atoms with Crippen LogP contribution in [0.1, 0.15) is 48.5 Å². The van der Waals surface area contributed by atoms with Crippen LogP contribution in [0, 0.1) is 5.92 Å². The molecule has 0 aromatic heterocycles. The molecule has 1 unspecified atom stereocenters. The van der Waals surface area contributed by atoms with Crippen LogP contribution in [-0.2, 0) is 9.47 Å². The van der Waals surface area contributed by atoms with Crippen molar-refractivity contribution in [1.82, 2.24) is 20.9 Å². The molecular weight excluding hydrogens is 489 g/mol. The lowest BCUT2D eigenvalue weighted by Gasteiger charge is -2.26. The van der Waals surface area contributed by atoms with Crippen LogP contribution in [0.2, 0.25) is 0 Å². The molecule has 0 aliphatic heterocycles. The lowest BCUT2D eigenvalue weighted by Crippen LogP contribution is -2.45. The molecule has 0 aliphatic rings. The molecule has 0 aromatic rings. The number of ether oxygens (including phenoxy) is 2. The second-order valence-corrected chi connectivity index (χ2v) is 8.77. The molecule has 0 saturated carbocycles. The number of alkyl carbamates (subject to hydrolysis) is 1. The molecule has 0 saturated heterocycles. The summed E-state index contributed by atoms with van der Waals surface area (Å²) in [7, 11) is 3.40. The van der Waals surface area contributed by atoms with Crippen LogP contribution in [0.3, 0.4) is 0 Å². The van der Waals surface area contributed by atoms with E-state index in [1.54, 1.807) is 19.0 Å². The maximum atomic E-state index is 12.0. The van der Waals surface area contributed by atoms with Gasteiger partial charge in [-0.05, 0) is 47.5 Å². The van der Waals surface area contributed by atoms with Crippen molar-refractivity contribution in [2.24, 2.45) is 10.9 Å². The third-order valence-electron chi connectivity index (χ3n) is 3.22. The fourth-order valence-electron chi connectivity index (χ4n) is 2.10. The van der Waals surface area contributed by atoms with Gasteiger partial charge in [-0.2, -0.15) is 0 Å². The van der Waals surface area contributed by atoms with Gasteiger partial charge in [-0.25, -0.2) is 9.59 Å². The summed E-state index contributed by atoms with van der Waals surface area (Å²) in [6, 6.07) is 0. The summed E-state index contributed by atoms with van der Waals surface area (Å²) in [4.78, 5) is 29.3. The Morgan fingerprint density at radius 3 is 1.97 bits per heavy atom. The molecule has 1 atom stereocenters. The Morgan fingerprint density at radius 1 is 0.966 bits per heavy atom. The minimum atomic E-state index is -0.516. The molecule has 172 valence electrons. The van der Waals surface area contributed by atoms with Gasteiger partial charge in [0.05, 0.1) is 0 Å². The van der Waals surface area contributed by atoms with Crippen LogP contribution in [0.15, 0.2) is 4.99 Å². The molecule has 0 spiro atoms. The number of carbonyl (C=O) groups is 2. The monoisotopic (exact) mass is 529 g/mol. The van der Waals surface area contributed by atoms with Gasteiger partial charge in [-0.1, -0.05) is 6.92 Å². The predicted octanol–water partition coefficient (Wildman–Crippen LogP) is 2.80. The van der Waals surface area contributed by atoms with Crippen molar-refractivity contribution >= 4 is 42.1 Å². The minimum absolute atomic E-state index is 0. The number of guanidine groups is 1. The zero-order chi connectivity index (χ0) is 22.0. The first kappa shape index (κ1) is 29.7. The predicted molar refractivity (Wildman–Crippen MR) is 127 cm³/mol. The fourth-order valence-corrected chi connectivity index (χ4v) is 2.10. The third kappa shape index (κ3) is 17.1. The first-order chi connectivity index (χ1) is 12.7. The van der Waals surface area contributed by atoms with Crippen molar-refractivity contribution in [2.75, 3.05) is 40.3 Å². The molecule has 10 heteroatoms. The highest BCUT2D eigenvalue weighted by atomic mass is 127. The normalized spacial score (nSPS) is 12.9. The van der Waals surface area contributed by atoms with Crippen molar-refractivity contribution in [3.63, 3.8) is 0 Å². The highest BCUT2D eigenvalue weighted by Crippen LogP contribution is 2.10. The van der Waals surface area contributed by atoms with Crippen molar-refractivity contribution in [3.8, 4) is 0 Å². The summed E-state index contributed by atoms with van der Waals surface area (Å²) in [5.74, 6) is 0.814. The molecule has 0 aliphatic carbocycles. The van der Waals surface area contributed by atoms with Crippen molar-refractivity contribution < 1.29 is 19.1 Å². The quantitative estimate of drug-likeness (QED) is 0.203. The van der Waals surface area contributed by atoms with Gasteiger partial charge < -0.3 is 30.3 Å². The van der Waals surface area contributed by atoms with E-state index < -0.39 is 17.3 Å². The zero-order valence-electron chi connectivity index (χ0n) is 19.3. The van der Waals surface area contributed by atoms with Gasteiger partial charge in [0.2, 0.25) is 0 Å². The van der Waals surface area contributed by atoms with E-state index in [4.69, 9.17) is 9.47 Å². The summed E-state index contributed by atoms with van der Waals surface area (Å²) < 4.78 is 10.5. The van der Waals surface area contributed by atoms with Gasteiger partial charge in [0.25, 0.3) is 0 Å². The smallest absolute Gasteiger partial charge is 0.410 e. The van der Waals surface area contributed by atoms with E-state index in [0.29, 0.717) is 32.1 Å². The average Bonchev–Trinajstić information content (AvgIpc) is 2.50. The second kappa shape index (κ2) is 13.7. The molecule has 0 heterocycles. The number of amides is 2. The maximum Gasteiger partial charge on any atom is 0.410 e. The maximum absolute atomic E-state index is 12.0. The Morgan fingerprint density at radius 2 is 1.48 bits per heavy atom. The van der Waals surface area contributed by atoms with Crippen molar-refractivity contribution in [3.05, 3.63) is 0 Å². The molecule has 3 N–H and O–H groups in total. The standard InChI is InChI=1S/C19H39N5O4.HI/c1-14(13-24(9)17(26)28-19(5,6)7)12-23-15(20-8)21-10-11-22-16(25)27-18(2,3)4;/h14H,10-13H2,1-9H3,(H,22,25)(H2,20,21,23);1H. The average molecular weight is 529 g/mol. The largest absolute Gasteiger partial charge is 0.444 e. The second-order valence-electron chi connectivity index (χ2n) is 8.77. The summed E-state index contributed by atoms with van der Waals surface area (Å²) in [5, 5.41) is 8.99. The summed E-state index contributed by atoms with van der Waals surface area (Å²) >= 11 is 0. The van der Waals surface area contributed by atoms with Crippen LogP contribution >= 0.6 is 24.0 Å². The fraction of sp³-hybridized carbons (Fsp3) is 0.842. The van der Waals surface area contributed by atoms with E-state index in [-0.39, 0.29) is 36.0 Å². The van der Waals surface area contributed by atoms with Gasteiger partial charge in [-0.15, -0.1) is 24.0 Å². The van der Waals surface area contributed by atoms with Crippen LogP contribution in [0.4, 0.5) is 9.59 Å². The molecule has 0 radical (unpaired) electrons. The number of halogens is 1. The van der Waals surface area contributed by atoms with Crippen LogP contribution in [0.25, 0.3) is 0 Å². The van der Waals surface area contributed by atoms with Gasteiger partial charge in [0.15, 0.2) is 5.96 Å². The lowest BCUT2D eigenvalue weighted by molar-refractivity contribution is 0.0277. The van der Waals surface area contributed by atoms with E-state index in [2.05, 4.69) is 20.9 Å². The number of aliphatic imine (C=N–C) groups is 1. The molecule has 0 rings (SSSR count). The Bertz CT molecular complexity index is 530. The minimum Gasteiger partial charge on any atom is -0.444 e. The van der Waals surface area contributed by atoms with Crippen molar-refractivity contribution in [1.29, 1.82) is 0 Å². The molecule has 29 heavy (non-hydrogen) atoms. The molecule has 0 aromatic carbocycles. The number of hydrogen-bond donors (Lipinski definition) is 3. The lowest BCUT2D eigenvalue weighted by atomic mass is 10.1. The number of rotatable bonds is 7. The first-order valence-electron chi connectivity index (χ1n) is 9.59. The zero-order valence-corrected chi connectivity index (χ0v) is 21.7. The molecule has 0 fully saturated rings.